The average Bonchev–Trinajstić information content (AvgIpc) is 3.58. The van der Waals surface area contributed by atoms with E-state index in [4.69, 9.17) is 11.8 Å². The molecule has 2 aliphatic rings. The third-order valence-corrected chi connectivity index (χ3v) is 8.14. The lowest BCUT2D eigenvalue weighted by atomic mass is 10.0. The topological polar surface area (TPSA) is 56.8 Å². The van der Waals surface area contributed by atoms with Crippen molar-refractivity contribution in [3.63, 3.8) is 0 Å². The second kappa shape index (κ2) is 8.73. The molecule has 1 saturated heterocycles. The molecule has 2 fully saturated rings. The minimum Gasteiger partial charge on any atom is -0.354 e. The Morgan fingerprint density at radius 2 is 1.73 bits per heavy atom. The summed E-state index contributed by atoms with van der Waals surface area (Å²) >= 11 is 6.23. The van der Waals surface area contributed by atoms with Crippen molar-refractivity contribution in [3.05, 3.63) is 48.2 Å². The summed E-state index contributed by atoms with van der Waals surface area (Å²) in [4.78, 5) is 9.42. The molecule has 1 aromatic heterocycles. The van der Waals surface area contributed by atoms with Gasteiger partial charge in [-0.3, -0.25) is 4.90 Å². The number of hydrogen-bond donors (Lipinski definition) is 0. The van der Waals surface area contributed by atoms with Crippen LogP contribution in [-0.2, 0) is 10.0 Å². The molecule has 0 amide bonds. The molecule has 6 nitrogen and oxygen atoms in total. The standard InChI is InChI=1S/C22H29ClN4O2S/c1-17(2)19-5-8-21(9-6-19)30(28,29)27(23)20-7-10-22(24-15-20)26-13-11-25(12-14-26)16-18-3-4-18/h5-10,15,17-18H,3-4,11-14,16H2,1-2H3. The molecule has 0 spiro atoms. The van der Waals surface area contributed by atoms with E-state index in [0.29, 0.717) is 11.6 Å². The number of nitrogens with zero attached hydrogens (tertiary/aromatic N) is 4. The van der Waals surface area contributed by atoms with Gasteiger partial charge in [-0.05, 0) is 54.5 Å². The van der Waals surface area contributed by atoms with Crippen LogP contribution in [0.15, 0.2) is 47.5 Å². The number of aromatic nitrogens is 1. The fourth-order valence-electron chi connectivity index (χ4n) is 3.75. The summed E-state index contributed by atoms with van der Waals surface area (Å²) in [5.74, 6) is 2.10. The Bertz CT molecular complexity index is 952. The van der Waals surface area contributed by atoms with Crippen LogP contribution in [0.2, 0.25) is 0 Å². The SMILES string of the molecule is CC(C)c1ccc(S(=O)(=O)N(Cl)c2ccc(N3CCN(CC4CC4)CC3)nc2)cc1. The van der Waals surface area contributed by atoms with Crippen LogP contribution in [0.4, 0.5) is 11.5 Å². The molecule has 1 aromatic carbocycles. The molecule has 0 N–H and O–H groups in total. The first-order chi connectivity index (χ1) is 14.3. The summed E-state index contributed by atoms with van der Waals surface area (Å²) in [6, 6.07) is 10.4. The van der Waals surface area contributed by atoms with Gasteiger partial charge in [0.05, 0.1) is 16.8 Å². The zero-order chi connectivity index (χ0) is 21.3. The van der Waals surface area contributed by atoms with Crippen molar-refractivity contribution in [2.75, 3.05) is 41.4 Å². The molecule has 30 heavy (non-hydrogen) atoms. The minimum atomic E-state index is -3.85. The highest BCUT2D eigenvalue weighted by molar-refractivity contribution is 7.94. The molecule has 0 atom stereocenters. The van der Waals surface area contributed by atoms with E-state index in [1.54, 1.807) is 18.2 Å². The monoisotopic (exact) mass is 448 g/mol. The molecule has 1 aliphatic heterocycles. The molecular formula is C22H29ClN4O2S. The summed E-state index contributed by atoms with van der Waals surface area (Å²) < 4.78 is 26.5. The Kier molecular flexibility index (Phi) is 6.23. The van der Waals surface area contributed by atoms with Crippen molar-refractivity contribution in [3.8, 4) is 0 Å². The van der Waals surface area contributed by atoms with Gasteiger partial charge in [-0.15, -0.1) is 0 Å². The normalized spacial score (nSPS) is 18.1. The van der Waals surface area contributed by atoms with Crippen molar-refractivity contribution >= 4 is 33.3 Å². The predicted octanol–water partition coefficient (Wildman–Crippen LogP) is 4.09. The van der Waals surface area contributed by atoms with Gasteiger partial charge in [-0.2, -0.15) is 12.2 Å². The van der Waals surface area contributed by atoms with Crippen LogP contribution >= 0.6 is 11.8 Å². The fourth-order valence-corrected chi connectivity index (χ4v) is 5.14. The predicted molar refractivity (Wildman–Crippen MR) is 122 cm³/mol. The van der Waals surface area contributed by atoms with Crippen LogP contribution in [0.3, 0.4) is 0 Å². The first kappa shape index (κ1) is 21.4. The van der Waals surface area contributed by atoms with Gasteiger partial charge in [-0.1, -0.05) is 26.0 Å². The second-order valence-electron chi connectivity index (χ2n) is 8.55. The minimum absolute atomic E-state index is 0.165. The lowest BCUT2D eigenvalue weighted by molar-refractivity contribution is 0.247. The maximum absolute atomic E-state index is 12.9. The van der Waals surface area contributed by atoms with Crippen LogP contribution in [0.5, 0.6) is 0 Å². The molecule has 0 unspecified atom stereocenters. The summed E-state index contributed by atoms with van der Waals surface area (Å²) in [5.41, 5.74) is 1.42. The van der Waals surface area contributed by atoms with Gasteiger partial charge in [0.25, 0.3) is 10.0 Å². The van der Waals surface area contributed by atoms with Crippen LogP contribution in [0.25, 0.3) is 0 Å². The molecule has 2 heterocycles. The van der Waals surface area contributed by atoms with Gasteiger partial charge in [0, 0.05) is 44.5 Å². The molecule has 1 aliphatic carbocycles. The van der Waals surface area contributed by atoms with Gasteiger partial charge < -0.3 is 4.90 Å². The zero-order valence-corrected chi connectivity index (χ0v) is 19.1. The van der Waals surface area contributed by atoms with E-state index in [1.165, 1.54) is 25.6 Å². The van der Waals surface area contributed by atoms with E-state index in [0.717, 1.165) is 47.3 Å². The lowest BCUT2D eigenvalue weighted by Gasteiger charge is -2.35. The highest BCUT2D eigenvalue weighted by Crippen LogP contribution is 2.31. The van der Waals surface area contributed by atoms with Gasteiger partial charge in [0.1, 0.15) is 5.82 Å². The number of hydrogen-bond acceptors (Lipinski definition) is 5. The summed E-state index contributed by atoms with van der Waals surface area (Å²) in [5, 5.41) is 0. The first-order valence-electron chi connectivity index (χ1n) is 10.6. The van der Waals surface area contributed by atoms with Crippen molar-refractivity contribution in [2.24, 2.45) is 5.92 Å². The molecule has 0 radical (unpaired) electrons. The quantitative estimate of drug-likeness (QED) is 0.597. The highest BCUT2D eigenvalue weighted by atomic mass is 35.5. The fraction of sp³-hybridized carbons (Fsp3) is 0.500. The van der Waals surface area contributed by atoms with E-state index >= 15 is 0 Å². The lowest BCUT2D eigenvalue weighted by Crippen LogP contribution is -2.47. The molecule has 4 rings (SSSR count). The Hall–Kier alpha value is -1.83. The van der Waals surface area contributed by atoms with E-state index in [1.807, 2.05) is 18.2 Å². The van der Waals surface area contributed by atoms with Crippen LogP contribution in [0, 0.1) is 5.92 Å². The van der Waals surface area contributed by atoms with Crippen molar-refractivity contribution in [1.82, 2.24) is 9.88 Å². The van der Waals surface area contributed by atoms with E-state index < -0.39 is 10.0 Å². The Balaban J connectivity index is 1.41. The number of halogens is 1. The Labute approximate surface area is 184 Å². The second-order valence-corrected chi connectivity index (χ2v) is 10.9. The van der Waals surface area contributed by atoms with Crippen molar-refractivity contribution in [2.45, 2.75) is 37.5 Å². The molecule has 162 valence electrons. The molecule has 0 bridgehead atoms. The number of sulfonamides is 1. The zero-order valence-electron chi connectivity index (χ0n) is 17.5. The van der Waals surface area contributed by atoms with Gasteiger partial charge in [-0.25, -0.2) is 4.98 Å². The molecule has 2 aromatic rings. The van der Waals surface area contributed by atoms with E-state index in [2.05, 4.69) is 28.6 Å². The maximum Gasteiger partial charge on any atom is 0.278 e. The summed E-state index contributed by atoms with van der Waals surface area (Å²) in [6.07, 6.45) is 4.28. The van der Waals surface area contributed by atoms with E-state index in [9.17, 15) is 8.42 Å². The third-order valence-electron chi connectivity index (χ3n) is 5.90. The Morgan fingerprint density at radius 1 is 1.07 bits per heavy atom. The maximum atomic E-state index is 12.9. The molecule has 1 saturated carbocycles. The highest BCUT2D eigenvalue weighted by Gasteiger charge is 2.27. The molecular weight excluding hydrogens is 420 g/mol. The average molecular weight is 449 g/mol. The number of piperazine rings is 1. The molecule has 8 heteroatoms. The summed E-state index contributed by atoms with van der Waals surface area (Å²) in [6.45, 7) is 9.31. The summed E-state index contributed by atoms with van der Waals surface area (Å²) in [7, 11) is -3.85. The van der Waals surface area contributed by atoms with Gasteiger partial charge in [0.2, 0.25) is 0 Å². The number of pyridine rings is 1. The van der Waals surface area contributed by atoms with E-state index in [-0.39, 0.29) is 4.90 Å². The van der Waals surface area contributed by atoms with Crippen molar-refractivity contribution < 1.29 is 8.42 Å². The number of benzene rings is 1. The Morgan fingerprint density at radius 3 is 2.27 bits per heavy atom. The van der Waals surface area contributed by atoms with Gasteiger partial charge in [0.15, 0.2) is 0 Å². The third kappa shape index (κ3) is 4.74. The van der Waals surface area contributed by atoms with Crippen LogP contribution in [0.1, 0.15) is 38.2 Å². The largest absolute Gasteiger partial charge is 0.354 e. The van der Waals surface area contributed by atoms with Crippen LogP contribution in [-0.4, -0.2) is 51.0 Å². The van der Waals surface area contributed by atoms with Crippen molar-refractivity contribution in [1.29, 1.82) is 0 Å². The number of anilines is 2. The van der Waals surface area contributed by atoms with Gasteiger partial charge >= 0.3 is 0 Å². The van der Waals surface area contributed by atoms with Crippen LogP contribution < -0.4 is 8.72 Å². The number of rotatable bonds is 7. The first-order valence-corrected chi connectivity index (χ1v) is 12.4. The smallest absolute Gasteiger partial charge is 0.278 e.